The summed E-state index contributed by atoms with van der Waals surface area (Å²) in [5.74, 6) is -2.74. The van der Waals surface area contributed by atoms with Gasteiger partial charge in [-0.1, -0.05) is 38.2 Å². The van der Waals surface area contributed by atoms with E-state index in [4.69, 9.17) is 19.3 Å². The smallest absolute Gasteiger partial charge is 0.338 e. The molecule has 9 heteroatoms. The van der Waals surface area contributed by atoms with Crippen LogP contribution in [0.15, 0.2) is 36.0 Å². The van der Waals surface area contributed by atoms with Gasteiger partial charge in [-0.15, -0.1) is 0 Å². The Morgan fingerprint density at radius 1 is 1.13 bits per heavy atom. The molecule has 0 amide bonds. The van der Waals surface area contributed by atoms with Crippen molar-refractivity contribution in [1.29, 1.82) is 0 Å². The highest BCUT2D eigenvalue weighted by molar-refractivity contribution is 5.93. The molecule has 1 aliphatic heterocycles. The third-order valence-electron chi connectivity index (χ3n) is 8.44. The molecule has 2 aliphatic carbocycles. The number of carbonyl (C=O) groups is 5. The molecule has 9 nitrogen and oxygen atoms in total. The van der Waals surface area contributed by atoms with Crippen LogP contribution in [0.3, 0.4) is 0 Å². The quantitative estimate of drug-likeness (QED) is 0.238. The van der Waals surface area contributed by atoms with E-state index in [0.717, 1.165) is 12.0 Å². The van der Waals surface area contributed by atoms with E-state index >= 15 is 0 Å². The number of hydrogen-bond donors (Lipinski definition) is 1. The van der Waals surface area contributed by atoms with E-state index < -0.39 is 29.4 Å². The molecule has 1 heterocycles. The first-order valence-corrected chi connectivity index (χ1v) is 13.2. The van der Waals surface area contributed by atoms with Crippen LogP contribution in [-0.4, -0.2) is 54.1 Å². The van der Waals surface area contributed by atoms with Crippen LogP contribution in [0, 0.1) is 22.7 Å². The van der Waals surface area contributed by atoms with E-state index in [-0.39, 0.29) is 67.9 Å². The molecule has 3 rings (SSSR count). The van der Waals surface area contributed by atoms with Crippen molar-refractivity contribution in [2.24, 2.45) is 22.7 Å². The van der Waals surface area contributed by atoms with Crippen LogP contribution in [-0.2, 0) is 38.2 Å². The van der Waals surface area contributed by atoms with Gasteiger partial charge in [-0.05, 0) is 50.0 Å². The summed E-state index contributed by atoms with van der Waals surface area (Å²) < 4.78 is 16.5. The van der Waals surface area contributed by atoms with Crippen molar-refractivity contribution in [2.45, 2.75) is 78.2 Å². The number of aliphatic carboxylic acids is 1. The Hall–Kier alpha value is -3.23. The van der Waals surface area contributed by atoms with E-state index in [1.165, 1.54) is 6.92 Å². The third-order valence-corrected chi connectivity index (χ3v) is 8.44. The van der Waals surface area contributed by atoms with Gasteiger partial charge in [-0.2, -0.15) is 0 Å². The Morgan fingerprint density at radius 2 is 1.84 bits per heavy atom. The normalized spacial score (nSPS) is 30.8. The van der Waals surface area contributed by atoms with E-state index in [2.05, 4.69) is 13.5 Å². The van der Waals surface area contributed by atoms with Crippen LogP contribution >= 0.6 is 0 Å². The summed E-state index contributed by atoms with van der Waals surface area (Å²) in [5, 5.41) is 8.91. The standard InChI is InChI=1S/C29H38O9/c1-18-5-9-22-28(3,21(18)8-7-20-14-16-36-27(20)35)15-13-23(38-26(34)11-6-19(2)30)29(22,4)17-37-25(33)12-10-24(31)32/h7-8,14,21-23H,1,5-6,9-13,15-17H2,2-4H3,(H,31,32)/b8-7+/t21-,22?,23-,28+,29+/m1/s1. The zero-order chi connectivity index (χ0) is 28.1. The Morgan fingerprint density at radius 3 is 2.47 bits per heavy atom. The second-order valence-electron chi connectivity index (χ2n) is 11.1. The van der Waals surface area contributed by atoms with Crippen molar-refractivity contribution < 1.29 is 43.3 Å². The first kappa shape index (κ1) is 29.3. The number of fused-ring (bicyclic) bond motifs is 1. The van der Waals surface area contributed by atoms with Crippen LogP contribution < -0.4 is 0 Å². The molecule has 1 N–H and O–H groups in total. The molecule has 38 heavy (non-hydrogen) atoms. The summed E-state index contributed by atoms with van der Waals surface area (Å²) >= 11 is 0. The summed E-state index contributed by atoms with van der Waals surface area (Å²) in [6.45, 7) is 10.1. The second-order valence-corrected chi connectivity index (χ2v) is 11.1. The Labute approximate surface area is 223 Å². The van der Waals surface area contributed by atoms with Crippen molar-refractivity contribution in [3.05, 3.63) is 36.0 Å². The van der Waals surface area contributed by atoms with Gasteiger partial charge < -0.3 is 24.1 Å². The van der Waals surface area contributed by atoms with Crippen molar-refractivity contribution in [2.75, 3.05) is 13.2 Å². The summed E-state index contributed by atoms with van der Waals surface area (Å²) in [7, 11) is 0. The van der Waals surface area contributed by atoms with E-state index in [9.17, 15) is 24.0 Å². The van der Waals surface area contributed by atoms with E-state index in [1.54, 1.807) is 12.2 Å². The summed E-state index contributed by atoms with van der Waals surface area (Å²) in [6, 6.07) is 0. The van der Waals surface area contributed by atoms with Gasteiger partial charge in [0.1, 0.15) is 25.1 Å². The highest BCUT2D eigenvalue weighted by Crippen LogP contribution is 2.62. The fourth-order valence-corrected chi connectivity index (χ4v) is 6.37. The van der Waals surface area contributed by atoms with Crippen molar-refractivity contribution in [1.82, 2.24) is 0 Å². The number of ketones is 1. The minimum atomic E-state index is -1.09. The maximum Gasteiger partial charge on any atom is 0.338 e. The third kappa shape index (κ3) is 6.60. The number of carbonyl (C=O) groups excluding carboxylic acids is 4. The lowest BCUT2D eigenvalue weighted by Crippen LogP contribution is -2.58. The van der Waals surface area contributed by atoms with Crippen molar-refractivity contribution >= 4 is 29.7 Å². The van der Waals surface area contributed by atoms with Gasteiger partial charge in [0.05, 0.1) is 24.8 Å². The summed E-state index contributed by atoms with van der Waals surface area (Å²) in [4.78, 5) is 59.2. The summed E-state index contributed by atoms with van der Waals surface area (Å²) in [5.41, 5.74) is 0.478. The van der Waals surface area contributed by atoms with Gasteiger partial charge in [0.2, 0.25) is 0 Å². The fourth-order valence-electron chi connectivity index (χ4n) is 6.37. The zero-order valence-corrected chi connectivity index (χ0v) is 22.5. The van der Waals surface area contributed by atoms with Crippen molar-refractivity contribution in [3.8, 4) is 0 Å². The number of carboxylic acid groups (broad SMARTS) is 1. The predicted molar refractivity (Wildman–Crippen MR) is 137 cm³/mol. The molecule has 0 radical (unpaired) electrons. The average molecular weight is 531 g/mol. The molecule has 3 aliphatic rings. The molecule has 0 spiro atoms. The molecule has 0 aromatic rings. The molecule has 0 saturated heterocycles. The van der Waals surface area contributed by atoms with Crippen LogP contribution in [0.25, 0.3) is 0 Å². The van der Waals surface area contributed by atoms with E-state index in [1.807, 2.05) is 13.0 Å². The zero-order valence-electron chi connectivity index (χ0n) is 22.5. The first-order chi connectivity index (χ1) is 17.9. The molecule has 208 valence electrons. The number of hydrogen-bond acceptors (Lipinski definition) is 8. The van der Waals surface area contributed by atoms with Crippen LogP contribution in [0.5, 0.6) is 0 Å². The fraction of sp³-hybridized carbons (Fsp3) is 0.621. The number of Topliss-reactive ketones (excluding diaryl/α,β-unsaturated/α-hetero) is 1. The average Bonchev–Trinajstić information content (AvgIpc) is 3.26. The maximum atomic E-state index is 12.6. The Balaban J connectivity index is 1.88. The monoisotopic (exact) mass is 530 g/mol. The number of carboxylic acids is 1. The topological polar surface area (TPSA) is 133 Å². The van der Waals surface area contributed by atoms with Gasteiger partial charge in [-0.25, -0.2) is 4.79 Å². The number of esters is 3. The molecule has 5 atom stereocenters. The molecule has 0 aromatic carbocycles. The molecule has 2 saturated carbocycles. The van der Waals surface area contributed by atoms with Gasteiger partial charge >= 0.3 is 23.9 Å². The minimum Gasteiger partial charge on any atom is -0.481 e. The van der Waals surface area contributed by atoms with Gasteiger partial charge in [0.15, 0.2) is 0 Å². The molecule has 2 fully saturated rings. The molecular formula is C29H38O9. The Kier molecular flexibility index (Phi) is 9.33. The maximum absolute atomic E-state index is 12.6. The van der Waals surface area contributed by atoms with Crippen molar-refractivity contribution in [3.63, 3.8) is 0 Å². The number of cyclic esters (lactones) is 1. The highest BCUT2D eigenvalue weighted by Gasteiger charge is 2.59. The summed E-state index contributed by atoms with van der Waals surface area (Å²) in [6.07, 6.45) is 7.18. The molecule has 0 aromatic heterocycles. The lowest BCUT2D eigenvalue weighted by atomic mass is 9.46. The molecule has 1 unspecified atom stereocenters. The highest BCUT2D eigenvalue weighted by atomic mass is 16.6. The number of rotatable bonds is 11. The molecule has 0 bridgehead atoms. The number of ether oxygens (including phenoxy) is 3. The van der Waals surface area contributed by atoms with Crippen LogP contribution in [0.4, 0.5) is 0 Å². The van der Waals surface area contributed by atoms with Crippen LogP contribution in [0.1, 0.15) is 72.1 Å². The lowest BCUT2D eigenvalue weighted by molar-refractivity contribution is -0.192. The Bertz CT molecular complexity index is 1050. The number of allylic oxidation sites excluding steroid dienone is 2. The first-order valence-electron chi connectivity index (χ1n) is 13.2. The van der Waals surface area contributed by atoms with E-state index in [0.29, 0.717) is 24.8 Å². The lowest BCUT2D eigenvalue weighted by Gasteiger charge is -2.59. The van der Waals surface area contributed by atoms with Crippen LogP contribution in [0.2, 0.25) is 0 Å². The SMILES string of the molecule is C=C1CCC2[C@](C)(COC(=O)CCC(=O)O)[C@H](OC(=O)CCC(C)=O)CC[C@@]2(C)[C@@H]1/C=C/C1=CCOC1=O. The largest absolute Gasteiger partial charge is 0.481 e. The second kappa shape index (κ2) is 12.1. The van der Waals surface area contributed by atoms with Gasteiger partial charge in [0, 0.05) is 17.8 Å². The van der Waals surface area contributed by atoms with Gasteiger partial charge in [0.25, 0.3) is 0 Å². The van der Waals surface area contributed by atoms with Gasteiger partial charge in [-0.3, -0.25) is 14.4 Å². The minimum absolute atomic E-state index is 0.0182. The molecular weight excluding hydrogens is 492 g/mol. The predicted octanol–water partition coefficient (Wildman–Crippen LogP) is 4.10.